The average Bonchev–Trinajstić information content (AvgIpc) is 3.04. The number of benzene rings is 2. The quantitative estimate of drug-likeness (QED) is 0.384. The van der Waals surface area contributed by atoms with Crippen LogP contribution in [0.25, 0.3) is 11.3 Å². The number of hydrogen-bond donors (Lipinski definition) is 0. The first-order valence-corrected chi connectivity index (χ1v) is 11.2. The number of allylic oxidation sites excluding steroid dienone is 1. The van der Waals surface area contributed by atoms with Gasteiger partial charge in [-0.15, -0.1) is 23.4 Å². The minimum absolute atomic E-state index is 0.0353. The minimum Gasteiger partial charge on any atom is -0.460 e. The molecule has 0 bridgehead atoms. The van der Waals surface area contributed by atoms with Gasteiger partial charge in [0.1, 0.15) is 23.0 Å². The second kappa shape index (κ2) is 9.03. The van der Waals surface area contributed by atoms with E-state index in [0.717, 1.165) is 0 Å². The zero-order valence-electron chi connectivity index (χ0n) is 19.5. The summed E-state index contributed by atoms with van der Waals surface area (Å²) in [4.78, 5) is 12.8. The zero-order valence-corrected chi connectivity index (χ0v) is 20.2. The number of halogens is 4. The van der Waals surface area contributed by atoms with Crippen LogP contribution in [0.3, 0.4) is 0 Å². The molecule has 0 saturated heterocycles. The number of fused-ring (bicyclic) bond motifs is 3. The average molecular weight is 506 g/mol. The van der Waals surface area contributed by atoms with Gasteiger partial charge in [0.05, 0.1) is 12.1 Å². The Morgan fingerprint density at radius 3 is 2.40 bits per heavy atom. The fraction of sp³-hybridized carbons (Fsp3) is 0.320. The van der Waals surface area contributed by atoms with Crippen molar-refractivity contribution in [3.63, 3.8) is 0 Å². The maximum Gasteiger partial charge on any atom is 0.573 e. The smallest absolute Gasteiger partial charge is 0.460 e. The second-order valence-corrected chi connectivity index (χ2v) is 9.59. The van der Waals surface area contributed by atoms with Crippen molar-refractivity contribution in [2.45, 2.75) is 52.0 Å². The molecule has 2 aromatic carbocycles. The Morgan fingerprint density at radius 2 is 1.77 bits per heavy atom. The van der Waals surface area contributed by atoms with Gasteiger partial charge < -0.3 is 9.47 Å². The van der Waals surface area contributed by atoms with Gasteiger partial charge in [-0.25, -0.2) is 0 Å². The second-order valence-electron chi connectivity index (χ2n) is 9.15. The summed E-state index contributed by atoms with van der Waals surface area (Å²) in [6, 6.07) is 11.0. The van der Waals surface area contributed by atoms with Crippen LogP contribution in [0.4, 0.5) is 13.2 Å². The predicted octanol–water partition coefficient (Wildman–Crippen LogP) is 6.39. The van der Waals surface area contributed by atoms with Gasteiger partial charge in [0, 0.05) is 16.5 Å². The number of carbonyl (C=O) groups excluding carboxylic acids is 1. The van der Waals surface area contributed by atoms with Crippen molar-refractivity contribution < 1.29 is 27.4 Å². The highest BCUT2D eigenvalue weighted by atomic mass is 35.5. The van der Waals surface area contributed by atoms with Gasteiger partial charge in [-0.2, -0.15) is 0 Å². The third-order valence-electron chi connectivity index (χ3n) is 5.24. The molecule has 3 aromatic rings. The third kappa shape index (κ3) is 5.67. The largest absolute Gasteiger partial charge is 0.573 e. The summed E-state index contributed by atoms with van der Waals surface area (Å²) in [5.41, 5.74) is 1.64. The van der Waals surface area contributed by atoms with Crippen molar-refractivity contribution in [1.82, 2.24) is 14.8 Å². The first-order valence-electron chi connectivity index (χ1n) is 10.8. The van der Waals surface area contributed by atoms with Crippen LogP contribution in [0.5, 0.6) is 5.75 Å². The van der Waals surface area contributed by atoms with E-state index in [4.69, 9.17) is 16.3 Å². The summed E-state index contributed by atoms with van der Waals surface area (Å²) in [6.07, 6.45) is -3.08. The molecule has 0 amide bonds. The first kappa shape index (κ1) is 24.8. The monoisotopic (exact) mass is 505 g/mol. The van der Waals surface area contributed by atoms with Crippen molar-refractivity contribution in [2.75, 3.05) is 0 Å². The van der Waals surface area contributed by atoms with Crippen LogP contribution in [-0.4, -0.2) is 32.7 Å². The number of hydrogen-bond acceptors (Lipinski definition) is 5. The Kier molecular flexibility index (Phi) is 6.40. The van der Waals surface area contributed by atoms with Gasteiger partial charge in [-0.05, 0) is 69.2 Å². The Labute approximate surface area is 205 Å². The minimum atomic E-state index is -4.85. The lowest BCUT2D eigenvalue weighted by molar-refractivity contribution is -0.274. The van der Waals surface area contributed by atoms with E-state index in [1.807, 2.05) is 0 Å². The van der Waals surface area contributed by atoms with E-state index in [2.05, 4.69) is 14.9 Å². The lowest BCUT2D eigenvalue weighted by atomic mass is 9.92. The number of esters is 1. The molecule has 0 aliphatic carbocycles. The maximum absolute atomic E-state index is 13.0. The van der Waals surface area contributed by atoms with Crippen LogP contribution in [-0.2, 0) is 9.53 Å². The third-order valence-corrected chi connectivity index (χ3v) is 5.50. The Balaban J connectivity index is 1.91. The van der Waals surface area contributed by atoms with E-state index >= 15 is 0 Å². The molecule has 1 aliphatic rings. The number of aromatic nitrogens is 3. The summed E-state index contributed by atoms with van der Waals surface area (Å²) in [5, 5.41) is 8.97. The Bertz CT molecular complexity index is 1290. The molecule has 35 heavy (non-hydrogen) atoms. The van der Waals surface area contributed by atoms with E-state index in [0.29, 0.717) is 39.1 Å². The van der Waals surface area contributed by atoms with Crippen LogP contribution in [0.1, 0.15) is 55.9 Å². The van der Waals surface area contributed by atoms with Crippen LogP contribution in [0, 0.1) is 6.92 Å². The number of rotatable bonds is 4. The molecule has 0 N–H and O–H groups in total. The van der Waals surface area contributed by atoms with E-state index in [1.165, 1.54) is 18.2 Å². The number of carbonyl (C=O) groups is 1. The van der Waals surface area contributed by atoms with E-state index in [9.17, 15) is 18.0 Å². The first-order chi connectivity index (χ1) is 16.3. The summed E-state index contributed by atoms with van der Waals surface area (Å²) >= 11 is 6.07. The normalized spacial score (nSPS) is 15.5. The lowest BCUT2D eigenvalue weighted by Crippen LogP contribution is -2.25. The van der Waals surface area contributed by atoms with Gasteiger partial charge in [0.15, 0.2) is 0 Å². The summed E-state index contributed by atoms with van der Waals surface area (Å²) in [6.45, 7) is 7.06. The molecule has 0 spiro atoms. The molecule has 1 aromatic heterocycles. The number of nitrogens with zero attached hydrogens (tertiary/aromatic N) is 3. The van der Waals surface area contributed by atoms with Gasteiger partial charge >= 0.3 is 12.3 Å². The molecule has 0 fully saturated rings. The molecular weight excluding hydrogens is 483 g/mol. The van der Waals surface area contributed by atoms with Crippen molar-refractivity contribution in [1.29, 1.82) is 0 Å². The van der Waals surface area contributed by atoms with E-state index in [1.54, 1.807) is 62.6 Å². The molecule has 184 valence electrons. The molecule has 1 aliphatic heterocycles. The highest BCUT2D eigenvalue weighted by molar-refractivity contribution is 6.30. The van der Waals surface area contributed by atoms with E-state index in [-0.39, 0.29) is 12.2 Å². The summed E-state index contributed by atoms with van der Waals surface area (Å²) in [5.74, 6) is -0.368. The molecule has 6 nitrogen and oxygen atoms in total. The fourth-order valence-electron chi connectivity index (χ4n) is 4.00. The lowest BCUT2D eigenvalue weighted by Gasteiger charge is -2.21. The van der Waals surface area contributed by atoms with Gasteiger partial charge in [-0.1, -0.05) is 29.8 Å². The van der Waals surface area contributed by atoms with Crippen LogP contribution in [0.15, 0.2) is 48.5 Å². The molecule has 2 heterocycles. The highest BCUT2D eigenvalue weighted by Crippen LogP contribution is 2.40. The number of aryl methyl sites for hydroxylation is 1. The van der Waals surface area contributed by atoms with Crippen molar-refractivity contribution in [3.8, 4) is 11.4 Å². The fourth-order valence-corrected chi connectivity index (χ4v) is 4.13. The molecular formula is C25H23ClF3N3O3. The molecule has 0 unspecified atom stereocenters. The van der Waals surface area contributed by atoms with Gasteiger partial charge in [-0.3, -0.25) is 9.36 Å². The molecule has 1 atom stereocenters. The predicted molar refractivity (Wildman–Crippen MR) is 125 cm³/mol. The molecule has 4 rings (SSSR count). The maximum atomic E-state index is 13.0. The number of alkyl halides is 3. The zero-order chi connectivity index (χ0) is 25.5. The highest BCUT2D eigenvalue weighted by Gasteiger charge is 2.33. The standard InChI is InChI=1S/C25H23ClF3N3O3/c1-14-30-31-23-16(12-22(33)35-24(2,3)4)11-19(15-5-7-17(26)8-6-15)20-13-18(34-25(27,28)29)9-10-21(20)32(14)23/h5-11,13,16H,12H2,1-4H3/t16-/m1/s1. The van der Waals surface area contributed by atoms with Gasteiger partial charge in [0.25, 0.3) is 0 Å². The van der Waals surface area contributed by atoms with Crippen LogP contribution in [0.2, 0.25) is 5.02 Å². The molecule has 0 saturated carbocycles. The van der Waals surface area contributed by atoms with Gasteiger partial charge in [0.2, 0.25) is 0 Å². The van der Waals surface area contributed by atoms with Crippen LogP contribution < -0.4 is 4.74 Å². The summed E-state index contributed by atoms with van der Waals surface area (Å²) in [7, 11) is 0. The van der Waals surface area contributed by atoms with Crippen molar-refractivity contribution in [3.05, 3.63) is 76.3 Å². The Hall–Kier alpha value is -3.33. The number of ether oxygens (including phenoxy) is 2. The molecule has 10 heteroatoms. The van der Waals surface area contributed by atoms with Crippen molar-refractivity contribution >= 4 is 23.1 Å². The topological polar surface area (TPSA) is 66.2 Å². The SMILES string of the molecule is Cc1nnc2n1-c1ccc(OC(F)(F)F)cc1C(c1ccc(Cl)cc1)=C[C@@H]2CC(=O)OC(C)(C)C. The molecule has 0 radical (unpaired) electrons. The van der Waals surface area contributed by atoms with E-state index < -0.39 is 23.9 Å². The summed E-state index contributed by atoms with van der Waals surface area (Å²) < 4.78 is 50.4. The Morgan fingerprint density at radius 1 is 1.09 bits per heavy atom. The van der Waals surface area contributed by atoms with Crippen LogP contribution >= 0.6 is 11.6 Å². The van der Waals surface area contributed by atoms with Crippen molar-refractivity contribution in [2.24, 2.45) is 0 Å².